The van der Waals surface area contributed by atoms with Crippen molar-refractivity contribution >= 4 is 10.9 Å². The summed E-state index contributed by atoms with van der Waals surface area (Å²) in [5.74, 6) is 2.74. The van der Waals surface area contributed by atoms with E-state index in [0.29, 0.717) is 42.4 Å². The highest BCUT2D eigenvalue weighted by Gasteiger charge is 2.19. The van der Waals surface area contributed by atoms with Gasteiger partial charge in [0.15, 0.2) is 11.5 Å². The minimum Gasteiger partial charge on any atom is -0.493 e. The second-order valence-corrected chi connectivity index (χ2v) is 8.07. The summed E-state index contributed by atoms with van der Waals surface area (Å²) in [6.45, 7) is 6.24. The minimum absolute atomic E-state index is 0.292. The smallest absolute Gasteiger partial charge is 0.247 e. The number of aromatic nitrogens is 3. The van der Waals surface area contributed by atoms with E-state index in [1.165, 1.54) is 5.56 Å². The third-order valence-electron chi connectivity index (χ3n) is 5.56. The van der Waals surface area contributed by atoms with Gasteiger partial charge in [0, 0.05) is 35.7 Å². The van der Waals surface area contributed by atoms with Crippen molar-refractivity contribution in [1.82, 2.24) is 20.5 Å². The van der Waals surface area contributed by atoms with Crippen molar-refractivity contribution < 1.29 is 18.6 Å². The fourth-order valence-electron chi connectivity index (χ4n) is 3.98. The summed E-state index contributed by atoms with van der Waals surface area (Å²) in [5, 5.41) is 12.8. The predicted molar refractivity (Wildman–Crippen MR) is 128 cm³/mol. The minimum atomic E-state index is 0.292. The van der Waals surface area contributed by atoms with Gasteiger partial charge >= 0.3 is 0 Å². The number of benzene rings is 2. The molecule has 0 amide bonds. The van der Waals surface area contributed by atoms with Crippen LogP contribution in [0.15, 0.2) is 40.8 Å². The molecule has 0 saturated carbocycles. The van der Waals surface area contributed by atoms with Gasteiger partial charge in [0.05, 0.1) is 33.1 Å². The normalized spacial score (nSPS) is 11.5. The first-order valence-corrected chi connectivity index (χ1v) is 11.0. The number of fused-ring (bicyclic) bond motifs is 1. The number of aromatic amines is 1. The molecule has 0 radical (unpaired) electrons. The Hall–Kier alpha value is -3.36. The average Bonchev–Trinajstić information content (AvgIpc) is 3.45. The maximum Gasteiger partial charge on any atom is 0.247 e. The van der Waals surface area contributed by atoms with Crippen LogP contribution < -0.4 is 14.8 Å². The highest BCUT2D eigenvalue weighted by atomic mass is 16.5. The van der Waals surface area contributed by atoms with E-state index in [1.807, 2.05) is 24.3 Å². The van der Waals surface area contributed by atoms with Crippen LogP contribution in [-0.4, -0.2) is 49.7 Å². The Morgan fingerprint density at radius 2 is 1.76 bits per heavy atom. The molecule has 8 heteroatoms. The number of rotatable bonds is 10. The molecule has 0 aliphatic carbocycles. The zero-order valence-electron chi connectivity index (χ0n) is 19.7. The van der Waals surface area contributed by atoms with E-state index in [9.17, 15) is 0 Å². The number of nitrogens with zero attached hydrogens (tertiary/aromatic N) is 2. The number of ether oxygens (including phenoxy) is 3. The molecule has 2 heterocycles. The fraction of sp³-hybridized carbons (Fsp3) is 0.360. The number of hydrogen-bond acceptors (Lipinski definition) is 7. The van der Waals surface area contributed by atoms with Crippen LogP contribution in [0.25, 0.3) is 33.6 Å². The largest absolute Gasteiger partial charge is 0.493 e. The number of hydrogen-bond donors (Lipinski definition) is 2. The lowest BCUT2D eigenvalue weighted by Crippen LogP contribution is -2.18. The van der Waals surface area contributed by atoms with Crippen LogP contribution in [-0.2, 0) is 11.3 Å². The lowest BCUT2D eigenvalue weighted by molar-refractivity contribution is 0.198. The first kappa shape index (κ1) is 22.8. The molecule has 8 nitrogen and oxygen atoms in total. The summed E-state index contributed by atoms with van der Waals surface area (Å²) in [4.78, 5) is 3.59. The van der Waals surface area contributed by atoms with E-state index in [2.05, 4.69) is 46.5 Å². The quantitative estimate of drug-likeness (QED) is 0.336. The Kier molecular flexibility index (Phi) is 6.96. The lowest BCUT2D eigenvalue weighted by atomic mass is 9.95. The Bertz CT molecular complexity index is 1230. The van der Waals surface area contributed by atoms with Gasteiger partial charge in [-0.15, -0.1) is 10.2 Å². The van der Waals surface area contributed by atoms with Gasteiger partial charge in [0.25, 0.3) is 0 Å². The van der Waals surface area contributed by atoms with Crippen LogP contribution in [0, 0.1) is 0 Å². The molecule has 0 saturated heterocycles. The van der Waals surface area contributed by atoms with E-state index in [4.69, 9.17) is 18.6 Å². The van der Waals surface area contributed by atoms with Crippen LogP contribution in [0.1, 0.15) is 31.2 Å². The lowest BCUT2D eigenvalue weighted by Gasteiger charge is -2.12. The highest BCUT2D eigenvalue weighted by Crippen LogP contribution is 2.40. The molecule has 0 aliphatic heterocycles. The summed E-state index contributed by atoms with van der Waals surface area (Å²) in [7, 11) is 4.96. The van der Waals surface area contributed by atoms with E-state index in [-0.39, 0.29) is 0 Å². The first-order valence-electron chi connectivity index (χ1n) is 11.0. The maximum absolute atomic E-state index is 5.88. The van der Waals surface area contributed by atoms with Crippen molar-refractivity contribution in [2.45, 2.75) is 26.3 Å². The summed E-state index contributed by atoms with van der Waals surface area (Å²) in [6, 6.07) is 12.1. The molecule has 0 bridgehead atoms. The summed E-state index contributed by atoms with van der Waals surface area (Å²) >= 11 is 0. The van der Waals surface area contributed by atoms with Crippen molar-refractivity contribution in [2.24, 2.45) is 0 Å². The third kappa shape index (κ3) is 4.72. The monoisotopic (exact) mass is 450 g/mol. The molecule has 0 fully saturated rings. The van der Waals surface area contributed by atoms with Crippen molar-refractivity contribution in [3.63, 3.8) is 0 Å². The molecule has 4 aromatic rings. The molecule has 2 N–H and O–H groups in total. The number of methoxy groups -OCH3 is 3. The molecule has 174 valence electrons. The van der Waals surface area contributed by atoms with Crippen LogP contribution >= 0.6 is 0 Å². The summed E-state index contributed by atoms with van der Waals surface area (Å²) in [5.41, 5.74) is 5.26. The SMILES string of the molecule is COCCNCc1nnc(-c2ccc3[nH]c(-c4ccc(OC)c(OC)c4)c(C(C)C)c3c2)o1. The number of nitrogens with one attached hydrogen (secondary N) is 2. The van der Waals surface area contributed by atoms with E-state index >= 15 is 0 Å². The molecular formula is C25H30N4O4. The second kappa shape index (κ2) is 10.1. The van der Waals surface area contributed by atoms with Crippen molar-refractivity contribution in [1.29, 1.82) is 0 Å². The fourth-order valence-corrected chi connectivity index (χ4v) is 3.98. The standard InChI is InChI=1S/C25H30N4O4/c1-15(2)23-18-12-17(25-29-28-22(33-25)14-26-10-11-30-3)6-8-19(18)27-24(23)16-7-9-20(31-4)21(13-16)32-5/h6-9,12-13,15,26-27H,10-11,14H2,1-5H3. The summed E-state index contributed by atoms with van der Waals surface area (Å²) < 4.78 is 21.8. The maximum atomic E-state index is 5.88. The molecule has 33 heavy (non-hydrogen) atoms. The Balaban J connectivity index is 1.70. The Labute approximate surface area is 193 Å². The van der Waals surface area contributed by atoms with Gasteiger partial charge in [0.2, 0.25) is 11.8 Å². The molecule has 0 atom stereocenters. The van der Waals surface area contributed by atoms with Gasteiger partial charge in [-0.05, 0) is 47.9 Å². The van der Waals surface area contributed by atoms with Gasteiger partial charge in [-0.1, -0.05) is 13.8 Å². The van der Waals surface area contributed by atoms with Gasteiger partial charge in [-0.3, -0.25) is 0 Å². The average molecular weight is 451 g/mol. The van der Waals surface area contributed by atoms with Crippen molar-refractivity contribution in [3.05, 3.63) is 47.9 Å². The predicted octanol–water partition coefficient (Wildman–Crippen LogP) is 4.76. The highest BCUT2D eigenvalue weighted by molar-refractivity contribution is 5.94. The van der Waals surface area contributed by atoms with E-state index in [0.717, 1.165) is 34.3 Å². The first-order chi connectivity index (χ1) is 16.0. The topological polar surface area (TPSA) is 94.4 Å². The van der Waals surface area contributed by atoms with Gasteiger partial charge < -0.3 is 28.9 Å². The van der Waals surface area contributed by atoms with Crippen LogP contribution in [0.3, 0.4) is 0 Å². The second-order valence-electron chi connectivity index (χ2n) is 8.07. The van der Waals surface area contributed by atoms with E-state index in [1.54, 1.807) is 21.3 Å². The van der Waals surface area contributed by atoms with Gasteiger partial charge in [-0.25, -0.2) is 0 Å². The molecule has 0 unspecified atom stereocenters. The van der Waals surface area contributed by atoms with E-state index < -0.39 is 0 Å². The molecule has 2 aromatic carbocycles. The van der Waals surface area contributed by atoms with Crippen LogP contribution in [0.5, 0.6) is 11.5 Å². The van der Waals surface area contributed by atoms with Gasteiger partial charge in [0.1, 0.15) is 0 Å². The zero-order valence-corrected chi connectivity index (χ0v) is 19.7. The molecule has 2 aromatic heterocycles. The van der Waals surface area contributed by atoms with Crippen LogP contribution in [0.4, 0.5) is 0 Å². The number of H-pyrrole nitrogens is 1. The molecule has 0 spiro atoms. The molecule has 0 aliphatic rings. The van der Waals surface area contributed by atoms with Crippen molar-refractivity contribution in [2.75, 3.05) is 34.5 Å². The van der Waals surface area contributed by atoms with Gasteiger partial charge in [-0.2, -0.15) is 0 Å². The molecule has 4 rings (SSSR count). The van der Waals surface area contributed by atoms with Crippen molar-refractivity contribution in [3.8, 4) is 34.2 Å². The zero-order chi connectivity index (χ0) is 23.4. The van der Waals surface area contributed by atoms with Crippen LogP contribution in [0.2, 0.25) is 0 Å². The summed E-state index contributed by atoms with van der Waals surface area (Å²) in [6.07, 6.45) is 0. The Morgan fingerprint density at radius 3 is 2.48 bits per heavy atom. The third-order valence-corrected chi connectivity index (χ3v) is 5.56. The molecular weight excluding hydrogens is 420 g/mol. The Morgan fingerprint density at radius 1 is 0.970 bits per heavy atom.